The van der Waals surface area contributed by atoms with Crippen molar-refractivity contribution in [2.75, 3.05) is 7.05 Å². The zero-order valence-electron chi connectivity index (χ0n) is 19.5. The predicted octanol–water partition coefficient (Wildman–Crippen LogP) is 4.36. The van der Waals surface area contributed by atoms with E-state index in [4.69, 9.17) is 11.6 Å². The summed E-state index contributed by atoms with van der Waals surface area (Å²) in [4.78, 5) is 11.9. The number of rotatable bonds is 8. The Hall–Kier alpha value is -3.27. The summed E-state index contributed by atoms with van der Waals surface area (Å²) in [7, 11) is -0.451. The van der Waals surface area contributed by atoms with Crippen molar-refractivity contribution < 1.29 is 18.3 Å². The van der Waals surface area contributed by atoms with Crippen molar-refractivity contribution in [2.45, 2.75) is 30.7 Å². The maximum Gasteiger partial charge on any atom is 0.304 e. The number of fused-ring (bicyclic) bond motifs is 1. The van der Waals surface area contributed by atoms with E-state index in [2.05, 4.69) is 10.3 Å². The predicted molar refractivity (Wildman–Crippen MR) is 134 cm³/mol. The number of carboxylic acids is 1. The number of halogens is 1. The van der Waals surface area contributed by atoms with Crippen LogP contribution < -0.4 is 0 Å². The quantitative estimate of drug-likeness (QED) is 0.376. The Labute approximate surface area is 208 Å². The average Bonchev–Trinajstić information content (AvgIpc) is 3.19. The van der Waals surface area contributed by atoms with E-state index in [1.54, 1.807) is 54.2 Å². The van der Waals surface area contributed by atoms with E-state index in [-0.39, 0.29) is 17.9 Å². The zero-order chi connectivity index (χ0) is 25.3. The fourth-order valence-corrected chi connectivity index (χ4v) is 5.35. The molecule has 0 saturated carbocycles. The van der Waals surface area contributed by atoms with Crippen LogP contribution in [0.5, 0.6) is 0 Å². The molecular formula is C25H25ClN4O4S. The second-order valence-corrected chi connectivity index (χ2v) is 11.0. The van der Waals surface area contributed by atoms with E-state index in [0.29, 0.717) is 16.1 Å². The van der Waals surface area contributed by atoms with Crippen molar-refractivity contribution >= 4 is 38.6 Å². The molecule has 0 radical (unpaired) electrons. The Balaban J connectivity index is 1.68. The van der Waals surface area contributed by atoms with Gasteiger partial charge in [0.1, 0.15) is 5.52 Å². The molecule has 0 aliphatic carbocycles. The molecule has 4 rings (SSSR count). The third-order valence-electron chi connectivity index (χ3n) is 6.01. The first-order valence-electron chi connectivity index (χ1n) is 10.9. The summed E-state index contributed by atoms with van der Waals surface area (Å²) in [5, 5.41) is 18.1. The minimum absolute atomic E-state index is 0.0336. The standard InChI is InChI=1S/C25H25ClN4O4S/c1-16-4-8-20(9-5-16)35(33,34)29(2)15-19-12-17(6-10-22(19)26)21(14-25(31)32)18-7-11-24-23(13-18)27-28-30(24)3/h4-13,21H,14-15H2,1-3H3,(H,31,32). The second kappa shape index (κ2) is 9.77. The highest BCUT2D eigenvalue weighted by Crippen LogP contribution is 2.33. The van der Waals surface area contributed by atoms with Crippen LogP contribution in [0.25, 0.3) is 11.0 Å². The SMILES string of the molecule is Cc1ccc(S(=O)(=O)N(C)Cc2cc(C(CC(=O)O)c3ccc4c(c3)nnn4C)ccc2Cl)cc1. The van der Waals surface area contributed by atoms with Crippen LogP contribution in [0.3, 0.4) is 0 Å². The molecule has 0 aliphatic heterocycles. The van der Waals surface area contributed by atoms with Crippen LogP contribution in [-0.2, 0) is 28.4 Å². The monoisotopic (exact) mass is 512 g/mol. The number of hydrogen-bond donors (Lipinski definition) is 1. The third kappa shape index (κ3) is 5.22. The molecule has 1 atom stereocenters. The Morgan fingerprint density at radius 3 is 2.43 bits per heavy atom. The van der Waals surface area contributed by atoms with Crippen molar-refractivity contribution in [3.63, 3.8) is 0 Å². The molecule has 35 heavy (non-hydrogen) atoms. The smallest absolute Gasteiger partial charge is 0.304 e. The van der Waals surface area contributed by atoms with E-state index in [0.717, 1.165) is 22.2 Å². The van der Waals surface area contributed by atoms with Gasteiger partial charge in [-0.3, -0.25) is 4.79 Å². The summed E-state index contributed by atoms with van der Waals surface area (Å²) in [6, 6.07) is 17.4. The molecule has 0 aliphatic rings. The number of aliphatic carboxylic acids is 1. The molecule has 0 bridgehead atoms. The topological polar surface area (TPSA) is 105 Å². The summed E-state index contributed by atoms with van der Waals surface area (Å²) in [6.45, 7) is 1.92. The van der Waals surface area contributed by atoms with Crippen LogP contribution in [0.15, 0.2) is 65.6 Å². The van der Waals surface area contributed by atoms with E-state index >= 15 is 0 Å². The summed E-state index contributed by atoms with van der Waals surface area (Å²) in [5.41, 5.74) is 4.54. The largest absolute Gasteiger partial charge is 0.481 e. The molecule has 10 heteroatoms. The number of sulfonamides is 1. The van der Waals surface area contributed by atoms with Gasteiger partial charge in [0.2, 0.25) is 10.0 Å². The lowest BCUT2D eigenvalue weighted by molar-refractivity contribution is -0.137. The zero-order valence-corrected chi connectivity index (χ0v) is 21.1. The van der Waals surface area contributed by atoms with Crippen LogP contribution in [0.1, 0.15) is 34.6 Å². The lowest BCUT2D eigenvalue weighted by Crippen LogP contribution is -2.26. The van der Waals surface area contributed by atoms with Crippen molar-refractivity contribution in [2.24, 2.45) is 7.05 Å². The van der Waals surface area contributed by atoms with Gasteiger partial charge in [0.15, 0.2) is 0 Å². The van der Waals surface area contributed by atoms with Gasteiger partial charge in [-0.15, -0.1) is 5.10 Å². The van der Waals surface area contributed by atoms with Crippen molar-refractivity contribution in [1.29, 1.82) is 0 Å². The fraction of sp³-hybridized carbons (Fsp3) is 0.240. The normalized spacial score (nSPS) is 12.8. The van der Waals surface area contributed by atoms with Gasteiger partial charge < -0.3 is 5.11 Å². The molecule has 1 aromatic heterocycles. The van der Waals surface area contributed by atoms with Crippen molar-refractivity contribution in [3.8, 4) is 0 Å². The third-order valence-corrected chi connectivity index (χ3v) is 8.20. The van der Waals surface area contributed by atoms with E-state index < -0.39 is 21.9 Å². The number of hydrogen-bond acceptors (Lipinski definition) is 5. The Morgan fingerprint density at radius 1 is 1.09 bits per heavy atom. The second-order valence-electron chi connectivity index (χ2n) is 8.54. The van der Waals surface area contributed by atoms with Crippen LogP contribution in [0, 0.1) is 6.92 Å². The van der Waals surface area contributed by atoms with Crippen LogP contribution in [-0.4, -0.2) is 45.8 Å². The Kier molecular flexibility index (Phi) is 6.93. The first-order valence-corrected chi connectivity index (χ1v) is 12.7. The highest BCUT2D eigenvalue weighted by atomic mass is 35.5. The molecular weight excluding hydrogens is 488 g/mol. The summed E-state index contributed by atoms with van der Waals surface area (Å²) >= 11 is 6.44. The Morgan fingerprint density at radius 2 is 1.74 bits per heavy atom. The van der Waals surface area contributed by atoms with E-state index in [9.17, 15) is 18.3 Å². The minimum atomic E-state index is -3.73. The van der Waals surface area contributed by atoms with E-state index in [1.807, 2.05) is 25.1 Å². The van der Waals surface area contributed by atoms with Gasteiger partial charge >= 0.3 is 5.97 Å². The number of nitrogens with zero attached hydrogens (tertiary/aromatic N) is 4. The molecule has 0 amide bonds. The molecule has 3 aromatic carbocycles. The molecule has 4 aromatic rings. The molecule has 0 fully saturated rings. The van der Waals surface area contributed by atoms with Gasteiger partial charge in [-0.05, 0) is 53.9 Å². The number of carbonyl (C=O) groups is 1. The minimum Gasteiger partial charge on any atom is -0.481 e. The molecule has 1 N–H and O–H groups in total. The Bertz CT molecular complexity index is 1500. The van der Waals surface area contributed by atoms with Crippen LogP contribution in [0.4, 0.5) is 0 Å². The van der Waals surface area contributed by atoms with Gasteiger partial charge in [-0.2, -0.15) is 4.31 Å². The first-order chi connectivity index (χ1) is 16.6. The number of carboxylic acid groups (broad SMARTS) is 1. The number of aromatic nitrogens is 3. The molecule has 182 valence electrons. The summed E-state index contributed by atoms with van der Waals surface area (Å²) in [6.07, 6.45) is -0.148. The summed E-state index contributed by atoms with van der Waals surface area (Å²) < 4.78 is 29.0. The molecule has 1 unspecified atom stereocenters. The van der Waals surface area contributed by atoms with Crippen LogP contribution in [0.2, 0.25) is 5.02 Å². The highest BCUT2D eigenvalue weighted by Gasteiger charge is 2.24. The molecule has 1 heterocycles. The van der Waals surface area contributed by atoms with Gasteiger partial charge in [-0.1, -0.05) is 52.7 Å². The molecule has 8 nitrogen and oxygen atoms in total. The van der Waals surface area contributed by atoms with Crippen molar-refractivity contribution in [1.82, 2.24) is 19.3 Å². The van der Waals surface area contributed by atoms with Gasteiger partial charge in [0, 0.05) is 31.6 Å². The van der Waals surface area contributed by atoms with Gasteiger partial charge in [0.25, 0.3) is 0 Å². The number of aryl methyl sites for hydroxylation is 2. The fourth-order valence-electron chi connectivity index (χ4n) is 4.02. The first kappa shape index (κ1) is 24.8. The van der Waals surface area contributed by atoms with Crippen molar-refractivity contribution in [3.05, 3.63) is 87.9 Å². The van der Waals surface area contributed by atoms with Crippen LogP contribution >= 0.6 is 11.6 Å². The average molecular weight is 513 g/mol. The molecule has 0 spiro atoms. The van der Waals surface area contributed by atoms with Gasteiger partial charge in [-0.25, -0.2) is 13.1 Å². The number of benzene rings is 3. The maximum absolute atomic E-state index is 13.1. The summed E-state index contributed by atoms with van der Waals surface area (Å²) in [5.74, 6) is -1.43. The highest BCUT2D eigenvalue weighted by molar-refractivity contribution is 7.89. The van der Waals surface area contributed by atoms with Gasteiger partial charge in [0.05, 0.1) is 16.8 Å². The lowest BCUT2D eigenvalue weighted by atomic mass is 9.87. The molecule has 0 saturated heterocycles. The lowest BCUT2D eigenvalue weighted by Gasteiger charge is -2.21. The maximum atomic E-state index is 13.1. The van der Waals surface area contributed by atoms with E-state index in [1.165, 1.54) is 11.4 Å².